The van der Waals surface area contributed by atoms with E-state index < -0.39 is 63.8 Å². The predicted molar refractivity (Wildman–Crippen MR) is 87.5 cm³/mol. The summed E-state index contributed by atoms with van der Waals surface area (Å²) in [6, 6.07) is 5.54. The van der Waals surface area contributed by atoms with E-state index in [0.717, 1.165) is 0 Å². The molecule has 1 heterocycles. The molecule has 3 rings (SSSR count). The van der Waals surface area contributed by atoms with Gasteiger partial charge in [-0.3, -0.25) is 40.5 Å². The van der Waals surface area contributed by atoms with E-state index in [0.29, 0.717) is 0 Å². The van der Waals surface area contributed by atoms with Gasteiger partial charge in [0, 0.05) is 0 Å². The average Bonchev–Trinajstić information content (AvgIpc) is 2.59. The molecule has 0 aliphatic carbocycles. The number of benzene rings is 2. The third-order valence-electron chi connectivity index (χ3n) is 3.61. The largest absolute Gasteiger partial charge is 0.432 e. The van der Waals surface area contributed by atoms with E-state index in [-0.39, 0.29) is 10.6 Å². The third kappa shape index (κ3) is 2.53. The molecule has 2 aromatic carbocycles. The van der Waals surface area contributed by atoms with Crippen LogP contribution in [0.4, 0.5) is 34.1 Å². The zero-order valence-electron chi connectivity index (χ0n) is 12.7. The summed E-state index contributed by atoms with van der Waals surface area (Å²) in [6.45, 7) is 0. The number of nitro groups is 4. The van der Waals surface area contributed by atoms with Crippen LogP contribution in [0.25, 0.3) is 0 Å². The summed E-state index contributed by atoms with van der Waals surface area (Å²) in [6.07, 6.45) is 0. The van der Waals surface area contributed by atoms with Gasteiger partial charge in [0.05, 0.1) is 41.1 Å². The summed E-state index contributed by atoms with van der Waals surface area (Å²) < 4.78 is 12.8. The lowest BCUT2D eigenvalue weighted by Gasteiger charge is -2.19. The summed E-state index contributed by atoms with van der Waals surface area (Å²) in [5.41, 5.74) is -6.92. The van der Waals surface area contributed by atoms with Crippen LogP contribution in [0.2, 0.25) is 0 Å². The zero-order valence-corrected chi connectivity index (χ0v) is 13.5. The SMILES string of the molecule is O=[N+]([O-])c1c2c(c([N+](=O)[O-])c([N+](=O)[O-])c1[N+](=O)[O-])S(=O)c1ccccc1N2. The molecule has 2 aromatic rings. The fourth-order valence-electron chi connectivity index (χ4n) is 2.64. The number of hydrogen-bond acceptors (Lipinski definition) is 10. The lowest BCUT2D eigenvalue weighted by molar-refractivity contribution is -0.452. The minimum Gasteiger partial charge on any atom is -0.347 e. The zero-order chi connectivity index (χ0) is 20.0. The van der Waals surface area contributed by atoms with Gasteiger partial charge in [-0.2, -0.15) is 0 Å². The maximum Gasteiger partial charge on any atom is 0.432 e. The van der Waals surface area contributed by atoms with E-state index in [9.17, 15) is 44.7 Å². The predicted octanol–water partition coefficient (Wildman–Crippen LogP) is 2.54. The molecule has 138 valence electrons. The fraction of sp³-hybridized carbons (Fsp3) is 0. The highest BCUT2D eigenvalue weighted by Crippen LogP contribution is 2.55. The maximum atomic E-state index is 12.8. The molecule has 0 fully saturated rings. The normalized spacial score (nSPS) is 14.4. The molecule has 0 saturated heterocycles. The van der Waals surface area contributed by atoms with Crippen LogP contribution in [0.3, 0.4) is 0 Å². The number of rotatable bonds is 4. The van der Waals surface area contributed by atoms with E-state index in [1.807, 2.05) is 0 Å². The second-order valence-corrected chi connectivity index (χ2v) is 6.40. The number of nitro benzene ring substituents is 4. The molecule has 0 saturated carbocycles. The summed E-state index contributed by atoms with van der Waals surface area (Å²) in [5, 5.41) is 47.9. The van der Waals surface area contributed by atoms with Crippen LogP contribution in [0, 0.1) is 40.5 Å². The minimum absolute atomic E-state index is 0.0226. The van der Waals surface area contributed by atoms with E-state index in [1.54, 1.807) is 0 Å². The molecule has 27 heavy (non-hydrogen) atoms. The smallest absolute Gasteiger partial charge is 0.347 e. The Morgan fingerprint density at radius 3 is 1.74 bits per heavy atom. The highest BCUT2D eigenvalue weighted by Gasteiger charge is 2.52. The Bertz CT molecular complexity index is 1100. The molecule has 1 N–H and O–H groups in total. The van der Waals surface area contributed by atoms with Gasteiger partial charge >= 0.3 is 22.7 Å². The van der Waals surface area contributed by atoms with Crippen molar-refractivity contribution in [2.75, 3.05) is 5.32 Å². The van der Waals surface area contributed by atoms with Gasteiger partial charge in [-0.25, -0.2) is 4.21 Å². The molecule has 1 aliphatic rings. The van der Waals surface area contributed by atoms with Crippen LogP contribution < -0.4 is 5.32 Å². The van der Waals surface area contributed by atoms with Crippen LogP contribution >= 0.6 is 0 Å². The van der Waals surface area contributed by atoms with E-state index in [4.69, 9.17) is 0 Å². The Kier molecular flexibility index (Phi) is 3.99. The first-order valence-electron chi connectivity index (χ1n) is 6.76. The second-order valence-electron chi connectivity index (χ2n) is 5.02. The van der Waals surface area contributed by atoms with Crippen molar-refractivity contribution >= 4 is 44.9 Å². The molecule has 1 atom stereocenters. The number of anilines is 2. The average molecular weight is 395 g/mol. The summed E-state index contributed by atoms with van der Waals surface area (Å²) >= 11 is 0. The van der Waals surface area contributed by atoms with Crippen molar-refractivity contribution in [3.05, 3.63) is 64.7 Å². The van der Waals surface area contributed by atoms with Crippen molar-refractivity contribution in [2.24, 2.45) is 0 Å². The van der Waals surface area contributed by atoms with E-state index >= 15 is 0 Å². The van der Waals surface area contributed by atoms with Crippen LogP contribution in [0.15, 0.2) is 34.1 Å². The minimum atomic E-state index is -2.43. The molecular weight excluding hydrogens is 390 g/mol. The Labute approximate surface area is 149 Å². The second kappa shape index (κ2) is 6.06. The molecule has 0 amide bonds. The quantitative estimate of drug-likeness (QED) is 0.505. The van der Waals surface area contributed by atoms with Crippen LogP contribution in [0.1, 0.15) is 0 Å². The number of fused-ring (bicyclic) bond motifs is 2. The summed E-state index contributed by atoms with van der Waals surface area (Å²) in [4.78, 5) is 39.1. The molecule has 14 nitrogen and oxygen atoms in total. The van der Waals surface area contributed by atoms with Gasteiger partial charge in [-0.15, -0.1) is 0 Å². The molecule has 1 aliphatic heterocycles. The van der Waals surface area contributed by atoms with Crippen molar-refractivity contribution in [1.82, 2.24) is 0 Å². The van der Waals surface area contributed by atoms with Gasteiger partial charge in [-0.1, -0.05) is 12.1 Å². The van der Waals surface area contributed by atoms with Crippen molar-refractivity contribution in [3.8, 4) is 0 Å². The standard InChI is InChI=1S/C12H5N5O9S/c18-14(19)8-7-12(27(26)6-4-2-1-3-5(6)13-7)11(17(24)25)10(16(22)23)9(8)15(20)21/h1-4,13H. The molecule has 0 aromatic heterocycles. The first-order valence-corrected chi connectivity index (χ1v) is 7.91. The van der Waals surface area contributed by atoms with E-state index in [2.05, 4.69) is 5.32 Å². The number of nitrogens with zero attached hydrogens (tertiary/aromatic N) is 4. The molecule has 1 unspecified atom stereocenters. The lowest BCUT2D eigenvalue weighted by atomic mass is 10.1. The molecule has 0 spiro atoms. The first kappa shape index (κ1) is 17.8. The first-order chi connectivity index (χ1) is 12.7. The van der Waals surface area contributed by atoms with Gasteiger partial charge in [0.2, 0.25) is 0 Å². The van der Waals surface area contributed by atoms with Gasteiger partial charge in [0.15, 0.2) is 4.90 Å². The maximum absolute atomic E-state index is 12.8. The molecule has 15 heteroatoms. The van der Waals surface area contributed by atoms with Crippen LogP contribution in [-0.4, -0.2) is 23.9 Å². The Morgan fingerprint density at radius 2 is 1.22 bits per heavy atom. The summed E-state index contributed by atoms with van der Waals surface area (Å²) in [5.74, 6) is 0. The molecular formula is C12H5N5O9S. The molecule has 0 bridgehead atoms. The Balaban J connectivity index is 2.59. The van der Waals surface area contributed by atoms with Crippen molar-refractivity contribution in [2.45, 2.75) is 9.79 Å². The van der Waals surface area contributed by atoms with Gasteiger partial charge in [0.25, 0.3) is 0 Å². The van der Waals surface area contributed by atoms with Crippen molar-refractivity contribution in [3.63, 3.8) is 0 Å². The number of para-hydroxylation sites is 1. The van der Waals surface area contributed by atoms with Crippen LogP contribution in [0.5, 0.6) is 0 Å². The fourth-order valence-corrected chi connectivity index (χ4v) is 4.06. The summed E-state index contributed by atoms with van der Waals surface area (Å²) in [7, 11) is -2.43. The number of nitrogens with one attached hydrogen (secondary N) is 1. The van der Waals surface area contributed by atoms with E-state index in [1.165, 1.54) is 24.3 Å². The number of hydrogen-bond donors (Lipinski definition) is 1. The molecule has 0 radical (unpaired) electrons. The highest BCUT2D eigenvalue weighted by molar-refractivity contribution is 7.85. The van der Waals surface area contributed by atoms with Gasteiger partial charge < -0.3 is 5.32 Å². The lowest BCUT2D eigenvalue weighted by Crippen LogP contribution is -2.16. The topological polar surface area (TPSA) is 202 Å². The van der Waals surface area contributed by atoms with Gasteiger partial charge in [0.1, 0.15) is 5.69 Å². The third-order valence-corrected chi connectivity index (χ3v) is 5.14. The highest BCUT2D eigenvalue weighted by atomic mass is 32.2. The van der Waals surface area contributed by atoms with Crippen molar-refractivity contribution in [1.29, 1.82) is 0 Å². The monoisotopic (exact) mass is 395 g/mol. The van der Waals surface area contributed by atoms with Crippen LogP contribution in [-0.2, 0) is 10.8 Å². The van der Waals surface area contributed by atoms with Gasteiger partial charge in [-0.05, 0) is 12.1 Å². The Morgan fingerprint density at radius 1 is 0.741 bits per heavy atom. The Hall–Kier alpha value is -4.01. The van der Waals surface area contributed by atoms with Crippen molar-refractivity contribution < 1.29 is 23.9 Å².